The lowest BCUT2D eigenvalue weighted by Gasteiger charge is -2.20. The number of amides is 1. The lowest BCUT2D eigenvalue weighted by molar-refractivity contribution is -0.133. The van der Waals surface area contributed by atoms with Crippen LogP contribution in [-0.4, -0.2) is 17.9 Å². The highest BCUT2D eigenvalue weighted by Gasteiger charge is 2.20. The van der Waals surface area contributed by atoms with Crippen molar-refractivity contribution < 1.29 is 4.79 Å². The first-order chi connectivity index (χ1) is 9.12. The van der Waals surface area contributed by atoms with Gasteiger partial charge in [0.1, 0.15) is 5.92 Å². The minimum Gasteiger partial charge on any atom is -0.340 e. The van der Waals surface area contributed by atoms with Crippen molar-refractivity contribution in [3.8, 4) is 12.1 Å². The molecule has 0 saturated carbocycles. The average Bonchev–Trinajstić information content (AvgIpc) is 2.44. The molecule has 1 aromatic rings. The van der Waals surface area contributed by atoms with Crippen molar-refractivity contribution in [2.45, 2.75) is 26.3 Å². The largest absolute Gasteiger partial charge is 0.340 e. The molecular weight excluding hydrogens is 238 g/mol. The molecule has 0 bridgehead atoms. The number of rotatable bonds is 5. The second-order valence-corrected chi connectivity index (χ2v) is 4.48. The van der Waals surface area contributed by atoms with Crippen LogP contribution in [0.5, 0.6) is 0 Å². The van der Waals surface area contributed by atoms with Gasteiger partial charge in [-0.15, -0.1) is 0 Å². The van der Waals surface area contributed by atoms with E-state index in [9.17, 15) is 4.79 Å². The third-order valence-electron chi connectivity index (χ3n) is 2.88. The second-order valence-electron chi connectivity index (χ2n) is 4.48. The van der Waals surface area contributed by atoms with Crippen molar-refractivity contribution in [3.05, 3.63) is 35.4 Å². The van der Waals surface area contributed by atoms with Gasteiger partial charge in [-0.05, 0) is 24.1 Å². The maximum Gasteiger partial charge on any atom is 0.239 e. The van der Waals surface area contributed by atoms with Gasteiger partial charge in [-0.1, -0.05) is 25.5 Å². The Labute approximate surface area is 113 Å². The number of carbonyl (C=O) groups excluding carboxylic acids is 1. The molecule has 0 spiro atoms. The number of hydrogen-bond acceptors (Lipinski definition) is 3. The number of carbonyl (C=O) groups is 1. The van der Waals surface area contributed by atoms with Crippen molar-refractivity contribution >= 4 is 5.91 Å². The maximum atomic E-state index is 12.1. The number of benzene rings is 1. The molecule has 0 radical (unpaired) electrons. The number of hydrogen-bond donors (Lipinski definition) is 0. The Balaban J connectivity index is 2.73. The van der Waals surface area contributed by atoms with Crippen LogP contribution in [0.2, 0.25) is 0 Å². The van der Waals surface area contributed by atoms with Crippen LogP contribution in [-0.2, 0) is 11.3 Å². The predicted octanol–water partition coefficient (Wildman–Crippen LogP) is 2.46. The molecule has 0 N–H and O–H groups in total. The van der Waals surface area contributed by atoms with Crippen LogP contribution in [0.15, 0.2) is 24.3 Å². The fourth-order valence-electron chi connectivity index (χ4n) is 1.89. The molecule has 0 fully saturated rings. The van der Waals surface area contributed by atoms with Gasteiger partial charge in [0.25, 0.3) is 0 Å². The zero-order valence-corrected chi connectivity index (χ0v) is 11.3. The van der Waals surface area contributed by atoms with E-state index in [1.54, 1.807) is 30.1 Å². The van der Waals surface area contributed by atoms with Crippen LogP contribution in [0.3, 0.4) is 0 Å². The molecule has 1 aromatic carbocycles. The Morgan fingerprint density at radius 1 is 1.42 bits per heavy atom. The van der Waals surface area contributed by atoms with Crippen LogP contribution in [0.25, 0.3) is 0 Å². The molecule has 0 aromatic heterocycles. The molecule has 0 aliphatic carbocycles. The van der Waals surface area contributed by atoms with Crippen LogP contribution in [0.1, 0.15) is 30.9 Å². The Hall–Kier alpha value is -2.33. The van der Waals surface area contributed by atoms with E-state index in [-0.39, 0.29) is 5.91 Å². The van der Waals surface area contributed by atoms with E-state index in [2.05, 4.69) is 6.07 Å². The lowest BCUT2D eigenvalue weighted by Crippen LogP contribution is -2.31. The number of nitriles is 2. The summed E-state index contributed by atoms with van der Waals surface area (Å²) in [7, 11) is 1.68. The van der Waals surface area contributed by atoms with Crippen molar-refractivity contribution in [2.24, 2.45) is 5.92 Å². The highest BCUT2D eigenvalue weighted by molar-refractivity contribution is 5.80. The van der Waals surface area contributed by atoms with Crippen LogP contribution in [0, 0.1) is 28.6 Å². The first kappa shape index (κ1) is 14.7. The van der Waals surface area contributed by atoms with E-state index < -0.39 is 5.92 Å². The number of nitrogens with zero attached hydrogens (tertiary/aromatic N) is 3. The molecule has 1 atom stereocenters. The van der Waals surface area contributed by atoms with Crippen LogP contribution < -0.4 is 0 Å². The minimum absolute atomic E-state index is 0.160. The average molecular weight is 255 g/mol. The monoisotopic (exact) mass is 255 g/mol. The van der Waals surface area contributed by atoms with E-state index in [1.165, 1.54) is 0 Å². The molecule has 0 aliphatic rings. The molecule has 1 rings (SSSR count). The van der Waals surface area contributed by atoms with Crippen LogP contribution in [0.4, 0.5) is 0 Å². The van der Waals surface area contributed by atoms with Gasteiger partial charge >= 0.3 is 0 Å². The van der Waals surface area contributed by atoms with Crippen molar-refractivity contribution in [1.29, 1.82) is 10.5 Å². The van der Waals surface area contributed by atoms with E-state index >= 15 is 0 Å². The summed E-state index contributed by atoms with van der Waals surface area (Å²) < 4.78 is 0. The summed E-state index contributed by atoms with van der Waals surface area (Å²) in [6.07, 6.45) is 1.39. The van der Waals surface area contributed by atoms with E-state index in [0.717, 1.165) is 12.0 Å². The Kier molecular flexibility index (Phi) is 5.57. The Bertz CT molecular complexity index is 525. The van der Waals surface area contributed by atoms with Gasteiger partial charge in [0.15, 0.2) is 0 Å². The summed E-state index contributed by atoms with van der Waals surface area (Å²) in [5, 5.41) is 17.8. The van der Waals surface area contributed by atoms with Crippen LogP contribution >= 0.6 is 0 Å². The predicted molar refractivity (Wildman–Crippen MR) is 71.6 cm³/mol. The van der Waals surface area contributed by atoms with Gasteiger partial charge in [0.05, 0.1) is 17.7 Å². The summed E-state index contributed by atoms with van der Waals surface area (Å²) in [5.41, 5.74) is 1.46. The molecule has 1 amide bonds. The minimum atomic E-state index is -0.575. The maximum absolute atomic E-state index is 12.1. The quantitative estimate of drug-likeness (QED) is 0.811. The third-order valence-corrected chi connectivity index (χ3v) is 2.88. The summed E-state index contributed by atoms with van der Waals surface area (Å²) in [6, 6.07) is 11.3. The fourth-order valence-corrected chi connectivity index (χ4v) is 1.89. The second kappa shape index (κ2) is 7.18. The molecule has 0 aliphatic heterocycles. The van der Waals surface area contributed by atoms with Gasteiger partial charge in [-0.3, -0.25) is 4.79 Å². The topological polar surface area (TPSA) is 67.9 Å². The highest BCUT2D eigenvalue weighted by Crippen LogP contribution is 2.12. The third kappa shape index (κ3) is 4.12. The molecule has 0 saturated heterocycles. The molecular formula is C15H17N3O. The van der Waals surface area contributed by atoms with E-state index in [4.69, 9.17) is 10.5 Å². The first-order valence-corrected chi connectivity index (χ1v) is 6.26. The molecule has 4 nitrogen and oxygen atoms in total. The Morgan fingerprint density at radius 2 is 2.16 bits per heavy atom. The summed E-state index contributed by atoms with van der Waals surface area (Å²) in [4.78, 5) is 13.6. The lowest BCUT2D eigenvalue weighted by atomic mass is 10.0. The van der Waals surface area contributed by atoms with E-state index in [0.29, 0.717) is 18.5 Å². The summed E-state index contributed by atoms with van der Waals surface area (Å²) >= 11 is 0. The molecule has 4 heteroatoms. The van der Waals surface area contributed by atoms with Gasteiger partial charge < -0.3 is 4.90 Å². The summed E-state index contributed by atoms with van der Waals surface area (Å²) in [5.74, 6) is -0.735. The summed E-state index contributed by atoms with van der Waals surface area (Å²) in [6.45, 7) is 2.37. The first-order valence-electron chi connectivity index (χ1n) is 6.26. The van der Waals surface area contributed by atoms with Crippen molar-refractivity contribution in [3.63, 3.8) is 0 Å². The SMILES string of the molecule is CCCC(C#N)C(=O)N(C)Cc1cccc(C#N)c1. The molecule has 1 unspecified atom stereocenters. The normalized spacial score (nSPS) is 11.2. The zero-order valence-electron chi connectivity index (χ0n) is 11.3. The van der Waals surface area contributed by atoms with Gasteiger partial charge in [-0.2, -0.15) is 10.5 Å². The molecule has 19 heavy (non-hydrogen) atoms. The highest BCUT2D eigenvalue weighted by atomic mass is 16.2. The zero-order chi connectivity index (χ0) is 14.3. The van der Waals surface area contributed by atoms with Gasteiger partial charge in [0, 0.05) is 13.6 Å². The van der Waals surface area contributed by atoms with Crippen molar-refractivity contribution in [2.75, 3.05) is 7.05 Å². The van der Waals surface area contributed by atoms with E-state index in [1.807, 2.05) is 19.1 Å². The van der Waals surface area contributed by atoms with Gasteiger partial charge in [0.2, 0.25) is 5.91 Å². The fraction of sp³-hybridized carbons (Fsp3) is 0.400. The molecule has 98 valence electrons. The smallest absolute Gasteiger partial charge is 0.239 e. The van der Waals surface area contributed by atoms with Crippen molar-refractivity contribution in [1.82, 2.24) is 4.90 Å². The Morgan fingerprint density at radius 3 is 2.74 bits per heavy atom. The molecule has 0 heterocycles. The van der Waals surface area contributed by atoms with Gasteiger partial charge in [-0.25, -0.2) is 0 Å². The standard InChI is InChI=1S/C15H17N3O/c1-3-5-14(10-17)15(19)18(2)11-13-7-4-6-12(8-13)9-16/h4,6-8,14H,3,5,11H2,1-2H3.